The van der Waals surface area contributed by atoms with Crippen LogP contribution < -0.4 is 0 Å². The van der Waals surface area contributed by atoms with Gasteiger partial charge in [0.25, 0.3) is 0 Å². The smallest absolute Gasteiger partial charge is 0.375 e. The van der Waals surface area contributed by atoms with Crippen LogP contribution in [-0.2, 0) is 9.47 Å². The maximum absolute atomic E-state index is 14.2. The van der Waals surface area contributed by atoms with E-state index in [2.05, 4.69) is 0 Å². The summed E-state index contributed by atoms with van der Waals surface area (Å²) in [4.78, 5) is 35.6. The zero-order valence-corrected chi connectivity index (χ0v) is 13.1. The number of ether oxygens (including phenoxy) is 2. The van der Waals surface area contributed by atoms with Crippen LogP contribution in [-0.4, -0.2) is 31.4 Å². The largest absolute Gasteiger partial charge is 0.462 e. The molecule has 126 valence electrons. The lowest BCUT2D eigenvalue weighted by Gasteiger charge is -2.06. The van der Waals surface area contributed by atoms with Gasteiger partial charge < -0.3 is 13.9 Å². The van der Waals surface area contributed by atoms with Crippen LogP contribution in [0, 0.1) is 5.82 Å². The van der Waals surface area contributed by atoms with E-state index in [0.29, 0.717) is 6.29 Å². The normalized spacial score (nSPS) is 10.3. The molecule has 0 atom stereocenters. The van der Waals surface area contributed by atoms with Gasteiger partial charge in [0, 0.05) is 11.1 Å². The number of halogens is 1. The molecule has 0 aliphatic rings. The fourth-order valence-electron chi connectivity index (χ4n) is 2.20. The second-order valence-electron chi connectivity index (χ2n) is 4.58. The molecule has 0 fully saturated rings. The van der Waals surface area contributed by atoms with E-state index >= 15 is 0 Å². The van der Waals surface area contributed by atoms with E-state index in [1.54, 1.807) is 13.8 Å². The van der Waals surface area contributed by atoms with E-state index in [4.69, 9.17) is 13.9 Å². The molecule has 1 aromatic heterocycles. The fourth-order valence-corrected chi connectivity index (χ4v) is 2.20. The van der Waals surface area contributed by atoms with E-state index in [9.17, 15) is 18.8 Å². The highest BCUT2D eigenvalue weighted by Crippen LogP contribution is 2.34. The minimum atomic E-state index is -0.939. The molecule has 1 aromatic carbocycles. The lowest BCUT2D eigenvalue weighted by Crippen LogP contribution is -2.13. The third-order valence-corrected chi connectivity index (χ3v) is 3.13. The van der Waals surface area contributed by atoms with Crippen molar-refractivity contribution in [1.29, 1.82) is 0 Å². The van der Waals surface area contributed by atoms with Crippen LogP contribution in [0.4, 0.5) is 4.39 Å². The number of benzene rings is 1. The molecular formula is C17H15FO6. The van der Waals surface area contributed by atoms with Crippen LogP contribution in [0.2, 0.25) is 0 Å². The van der Waals surface area contributed by atoms with Crippen molar-refractivity contribution in [2.75, 3.05) is 13.2 Å². The highest BCUT2D eigenvalue weighted by Gasteiger charge is 2.33. The molecule has 1 heterocycles. The molecule has 24 heavy (non-hydrogen) atoms. The van der Waals surface area contributed by atoms with Crippen molar-refractivity contribution in [1.82, 2.24) is 0 Å². The molecule has 2 aromatic rings. The predicted octanol–water partition coefficient (Wildman–Crippen LogP) is 3.25. The first kappa shape index (κ1) is 17.4. The first-order chi connectivity index (χ1) is 11.5. The first-order valence-corrected chi connectivity index (χ1v) is 7.26. The molecule has 0 saturated heterocycles. The van der Waals surface area contributed by atoms with Gasteiger partial charge in [0.05, 0.1) is 13.2 Å². The Balaban J connectivity index is 2.76. The Kier molecular flexibility index (Phi) is 5.47. The summed E-state index contributed by atoms with van der Waals surface area (Å²) in [5, 5.41) is 0. The van der Waals surface area contributed by atoms with E-state index in [-0.39, 0.29) is 35.7 Å². The summed E-state index contributed by atoms with van der Waals surface area (Å²) >= 11 is 0. The second-order valence-corrected chi connectivity index (χ2v) is 4.58. The summed E-state index contributed by atoms with van der Waals surface area (Å²) in [7, 11) is 0. The van der Waals surface area contributed by atoms with Crippen molar-refractivity contribution >= 4 is 18.2 Å². The number of furan rings is 1. The van der Waals surface area contributed by atoms with E-state index in [1.165, 1.54) is 18.2 Å². The SMILES string of the molecule is CCOC(=O)c1oc(C=O)c(-c2ccccc2F)c1C(=O)OCC. The molecule has 0 aliphatic heterocycles. The maximum Gasteiger partial charge on any atom is 0.375 e. The van der Waals surface area contributed by atoms with E-state index in [1.807, 2.05) is 0 Å². The highest BCUT2D eigenvalue weighted by molar-refractivity contribution is 6.09. The molecule has 0 spiro atoms. The summed E-state index contributed by atoms with van der Waals surface area (Å²) in [5.74, 6) is -3.37. The van der Waals surface area contributed by atoms with Crippen LogP contribution >= 0.6 is 0 Å². The van der Waals surface area contributed by atoms with Gasteiger partial charge in [-0.3, -0.25) is 4.79 Å². The predicted molar refractivity (Wildman–Crippen MR) is 81.4 cm³/mol. The monoisotopic (exact) mass is 334 g/mol. The molecule has 6 nitrogen and oxygen atoms in total. The van der Waals surface area contributed by atoms with Gasteiger partial charge in [-0.05, 0) is 19.9 Å². The van der Waals surface area contributed by atoms with Gasteiger partial charge in [-0.15, -0.1) is 0 Å². The zero-order valence-electron chi connectivity index (χ0n) is 13.1. The number of carbonyl (C=O) groups excluding carboxylic acids is 3. The summed E-state index contributed by atoms with van der Waals surface area (Å²) in [5.41, 5.74) is -0.519. The Morgan fingerprint density at radius 1 is 1.12 bits per heavy atom. The van der Waals surface area contributed by atoms with Crippen molar-refractivity contribution in [3.63, 3.8) is 0 Å². The number of hydrogen-bond acceptors (Lipinski definition) is 6. The molecule has 7 heteroatoms. The number of carbonyl (C=O) groups is 3. The van der Waals surface area contributed by atoms with Crippen molar-refractivity contribution in [2.24, 2.45) is 0 Å². The topological polar surface area (TPSA) is 82.8 Å². The van der Waals surface area contributed by atoms with Crippen molar-refractivity contribution in [3.8, 4) is 11.1 Å². The van der Waals surface area contributed by atoms with E-state index < -0.39 is 23.5 Å². The molecular weight excluding hydrogens is 319 g/mol. The van der Waals surface area contributed by atoms with Crippen molar-refractivity contribution in [2.45, 2.75) is 13.8 Å². The van der Waals surface area contributed by atoms with Crippen LogP contribution in [0.5, 0.6) is 0 Å². The summed E-state index contributed by atoms with van der Waals surface area (Å²) in [6.07, 6.45) is 0.299. The molecule has 0 unspecified atom stereocenters. The Bertz CT molecular complexity index is 777. The van der Waals surface area contributed by atoms with Gasteiger partial charge in [-0.25, -0.2) is 14.0 Å². The van der Waals surface area contributed by atoms with Gasteiger partial charge in [-0.2, -0.15) is 0 Å². The molecule has 0 N–H and O–H groups in total. The standard InChI is InChI=1S/C17H15FO6/c1-3-22-16(20)14-13(10-7-5-6-8-11(10)18)12(9-19)24-15(14)17(21)23-4-2/h5-9H,3-4H2,1-2H3. The number of hydrogen-bond donors (Lipinski definition) is 0. The maximum atomic E-state index is 14.2. The summed E-state index contributed by atoms with van der Waals surface area (Å²) < 4.78 is 29.1. The third kappa shape index (κ3) is 3.19. The van der Waals surface area contributed by atoms with Crippen molar-refractivity contribution in [3.05, 3.63) is 47.2 Å². The van der Waals surface area contributed by atoms with Crippen LogP contribution in [0.15, 0.2) is 28.7 Å². The average molecular weight is 334 g/mol. The van der Waals surface area contributed by atoms with Gasteiger partial charge in [0.2, 0.25) is 5.76 Å². The lowest BCUT2D eigenvalue weighted by molar-refractivity contribution is 0.0451. The highest BCUT2D eigenvalue weighted by atomic mass is 19.1. The number of esters is 2. The Morgan fingerprint density at radius 3 is 2.33 bits per heavy atom. The average Bonchev–Trinajstić information content (AvgIpc) is 2.95. The summed E-state index contributed by atoms with van der Waals surface area (Å²) in [6.45, 7) is 3.21. The molecule has 0 amide bonds. The molecule has 0 radical (unpaired) electrons. The second kappa shape index (κ2) is 7.54. The Hall–Kier alpha value is -2.96. The number of rotatable bonds is 6. The van der Waals surface area contributed by atoms with Gasteiger partial charge in [-0.1, -0.05) is 18.2 Å². The Morgan fingerprint density at radius 2 is 1.75 bits per heavy atom. The first-order valence-electron chi connectivity index (χ1n) is 7.26. The van der Waals surface area contributed by atoms with Gasteiger partial charge in [0.1, 0.15) is 11.4 Å². The van der Waals surface area contributed by atoms with Crippen LogP contribution in [0.3, 0.4) is 0 Å². The Labute approximate surface area is 137 Å². The third-order valence-electron chi connectivity index (χ3n) is 3.13. The molecule has 0 bridgehead atoms. The van der Waals surface area contributed by atoms with Crippen molar-refractivity contribution < 1.29 is 32.7 Å². The van der Waals surface area contributed by atoms with Crippen LogP contribution in [0.1, 0.15) is 45.3 Å². The van der Waals surface area contributed by atoms with Crippen LogP contribution in [0.25, 0.3) is 11.1 Å². The minimum Gasteiger partial charge on any atom is -0.462 e. The minimum absolute atomic E-state index is 0.0272. The quantitative estimate of drug-likeness (QED) is 0.596. The zero-order chi connectivity index (χ0) is 17.7. The van der Waals surface area contributed by atoms with Gasteiger partial charge >= 0.3 is 11.9 Å². The number of aldehydes is 1. The summed E-state index contributed by atoms with van der Waals surface area (Å²) in [6, 6.07) is 5.51. The van der Waals surface area contributed by atoms with E-state index in [0.717, 1.165) is 6.07 Å². The molecule has 0 aliphatic carbocycles. The molecule has 2 rings (SSSR count). The lowest BCUT2D eigenvalue weighted by atomic mass is 9.99. The fraction of sp³-hybridized carbons (Fsp3) is 0.235. The molecule has 0 saturated carbocycles. The van der Waals surface area contributed by atoms with Gasteiger partial charge in [0.15, 0.2) is 12.0 Å².